The van der Waals surface area contributed by atoms with Crippen LogP contribution in [0.1, 0.15) is 48.7 Å². The van der Waals surface area contributed by atoms with Crippen LogP contribution >= 0.6 is 0 Å². The largest absolute Gasteiger partial charge is 0.492 e. The third-order valence-electron chi connectivity index (χ3n) is 8.51. The average Bonchev–Trinajstić information content (AvgIpc) is 3.80. The van der Waals surface area contributed by atoms with E-state index < -0.39 is 5.60 Å². The summed E-state index contributed by atoms with van der Waals surface area (Å²) in [6.07, 6.45) is 6.48. The van der Waals surface area contributed by atoms with Crippen LogP contribution in [-0.2, 0) is 17.7 Å². The van der Waals surface area contributed by atoms with Gasteiger partial charge in [-0.1, -0.05) is 12.1 Å². The number of ether oxygens (including phenoxy) is 2. The summed E-state index contributed by atoms with van der Waals surface area (Å²) < 4.78 is 11.5. The molecular weight excluding hydrogens is 598 g/mol. The van der Waals surface area contributed by atoms with Crippen LogP contribution in [0, 0.1) is 0 Å². The minimum Gasteiger partial charge on any atom is -0.492 e. The molecule has 0 aliphatic carbocycles. The van der Waals surface area contributed by atoms with Crippen molar-refractivity contribution in [1.82, 2.24) is 24.8 Å². The highest BCUT2D eigenvalue weighted by Crippen LogP contribution is 2.39. The second-order valence-corrected chi connectivity index (χ2v) is 13.0. The maximum Gasteiger partial charge on any atom is 0.410 e. The van der Waals surface area contributed by atoms with Crippen LogP contribution in [0.25, 0.3) is 11.3 Å². The summed E-state index contributed by atoms with van der Waals surface area (Å²) in [4.78, 5) is 47.3. The zero-order valence-corrected chi connectivity index (χ0v) is 26.6. The van der Waals surface area contributed by atoms with E-state index in [0.29, 0.717) is 36.8 Å². The Kier molecular flexibility index (Phi) is 7.74. The number of nitrogen functional groups attached to an aromatic ring is 1. The zero-order valence-electron chi connectivity index (χ0n) is 26.6. The molecule has 242 valence electrons. The summed E-state index contributed by atoms with van der Waals surface area (Å²) in [6.45, 7) is 8.02. The molecular formula is C34H37N9O4. The smallest absolute Gasteiger partial charge is 0.410 e. The van der Waals surface area contributed by atoms with Crippen molar-refractivity contribution in [3.63, 3.8) is 0 Å². The maximum absolute atomic E-state index is 13.2. The molecule has 13 heteroatoms. The summed E-state index contributed by atoms with van der Waals surface area (Å²) in [6, 6.07) is 13.3. The van der Waals surface area contributed by atoms with Crippen LogP contribution in [0.2, 0.25) is 0 Å². The van der Waals surface area contributed by atoms with Gasteiger partial charge in [0.1, 0.15) is 23.0 Å². The van der Waals surface area contributed by atoms with Gasteiger partial charge in [0.05, 0.1) is 35.8 Å². The molecule has 3 aliphatic rings. The van der Waals surface area contributed by atoms with Crippen LogP contribution in [0.4, 0.5) is 28.1 Å². The van der Waals surface area contributed by atoms with Gasteiger partial charge in [0.15, 0.2) is 0 Å². The van der Waals surface area contributed by atoms with Crippen LogP contribution in [0.5, 0.6) is 5.75 Å². The number of anilines is 4. The van der Waals surface area contributed by atoms with E-state index in [1.807, 2.05) is 56.0 Å². The molecule has 2 saturated heterocycles. The molecule has 0 saturated carbocycles. The van der Waals surface area contributed by atoms with Gasteiger partial charge in [-0.25, -0.2) is 24.7 Å². The third kappa shape index (κ3) is 6.33. The first-order valence-electron chi connectivity index (χ1n) is 15.7. The Balaban J connectivity index is 0.959. The zero-order chi connectivity index (χ0) is 32.7. The molecule has 13 nitrogen and oxygen atoms in total. The highest BCUT2D eigenvalue weighted by Gasteiger charge is 2.46. The summed E-state index contributed by atoms with van der Waals surface area (Å²) in [5, 5.41) is 6.31. The van der Waals surface area contributed by atoms with E-state index in [2.05, 4.69) is 35.5 Å². The number of hydrogen-bond donors (Lipinski definition) is 3. The lowest BCUT2D eigenvalue weighted by Gasteiger charge is -2.36. The fraction of sp³-hybridized carbons (Fsp3) is 0.353. The van der Waals surface area contributed by atoms with E-state index in [1.165, 1.54) is 0 Å². The van der Waals surface area contributed by atoms with Crippen LogP contribution in [0.15, 0.2) is 61.1 Å². The minimum atomic E-state index is -0.516. The Morgan fingerprint density at radius 1 is 1.06 bits per heavy atom. The first-order valence-corrected chi connectivity index (χ1v) is 15.7. The lowest BCUT2D eigenvalue weighted by Crippen LogP contribution is -2.50. The molecule has 2 bridgehead atoms. The number of piperazine rings is 1. The fourth-order valence-electron chi connectivity index (χ4n) is 6.40. The maximum atomic E-state index is 13.2. The van der Waals surface area contributed by atoms with Crippen LogP contribution < -0.4 is 26.0 Å². The number of carbonyl (C=O) groups is 2. The summed E-state index contributed by atoms with van der Waals surface area (Å²) in [5.74, 6) is 1.88. The van der Waals surface area contributed by atoms with Crippen molar-refractivity contribution in [2.24, 2.45) is 0 Å². The van der Waals surface area contributed by atoms with Gasteiger partial charge in [-0.2, -0.15) is 0 Å². The molecule has 0 radical (unpaired) electrons. The molecule has 4 aromatic rings. The predicted octanol–water partition coefficient (Wildman–Crippen LogP) is 4.51. The van der Waals surface area contributed by atoms with E-state index in [-0.39, 0.29) is 30.0 Å². The Morgan fingerprint density at radius 3 is 2.68 bits per heavy atom. The van der Waals surface area contributed by atoms with E-state index in [9.17, 15) is 9.59 Å². The van der Waals surface area contributed by atoms with Crippen LogP contribution in [-0.4, -0.2) is 74.2 Å². The number of nitrogens with zero attached hydrogens (tertiary/aromatic N) is 6. The monoisotopic (exact) mass is 635 g/mol. The van der Waals surface area contributed by atoms with Crippen molar-refractivity contribution in [1.29, 1.82) is 0 Å². The fourth-order valence-corrected chi connectivity index (χ4v) is 6.40. The highest BCUT2D eigenvalue weighted by atomic mass is 16.6. The molecule has 2 amide bonds. The number of aromatic nitrogens is 4. The molecule has 3 aromatic heterocycles. The number of nitrogens with two attached hydrogens (primary N) is 1. The first-order chi connectivity index (χ1) is 22.6. The number of carbonyl (C=O) groups excluding carboxylic acids is 2. The van der Waals surface area contributed by atoms with Crippen molar-refractivity contribution < 1.29 is 19.1 Å². The quantitative estimate of drug-likeness (QED) is 0.262. The Bertz CT molecular complexity index is 1830. The van der Waals surface area contributed by atoms with Crippen molar-refractivity contribution in [3.8, 4) is 17.0 Å². The topological polar surface area (TPSA) is 161 Å². The average molecular weight is 636 g/mol. The number of fused-ring (bicyclic) bond motifs is 3. The van der Waals surface area contributed by atoms with Crippen molar-refractivity contribution >= 4 is 35.3 Å². The lowest BCUT2D eigenvalue weighted by molar-refractivity contribution is 0.0214. The second-order valence-electron chi connectivity index (χ2n) is 13.0. The van der Waals surface area contributed by atoms with Gasteiger partial charge >= 0.3 is 6.09 Å². The van der Waals surface area contributed by atoms with Gasteiger partial charge in [0.2, 0.25) is 5.95 Å². The Hall–Kier alpha value is -5.46. The van der Waals surface area contributed by atoms with E-state index >= 15 is 0 Å². The van der Waals surface area contributed by atoms with Crippen molar-refractivity contribution in [2.45, 2.75) is 57.8 Å². The van der Waals surface area contributed by atoms with Gasteiger partial charge in [0.25, 0.3) is 5.91 Å². The summed E-state index contributed by atoms with van der Waals surface area (Å²) in [5.41, 5.74) is 10.1. The molecule has 0 spiro atoms. The number of rotatable bonds is 7. The molecule has 6 heterocycles. The van der Waals surface area contributed by atoms with E-state index in [4.69, 9.17) is 15.2 Å². The lowest BCUT2D eigenvalue weighted by atomic mass is 10.1. The molecule has 2 atom stereocenters. The summed E-state index contributed by atoms with van der Waals surface area (Å²) in [7, 11) is 0. The number of amides is 2. The number of benzene rings is 1. The standard InChI is InChI=1S/C34H37N9O4/c1-34(2,3)47-33(45)43-19-23-14-24(43)18-42(23)22-7-8-28(37-16-22)41-31(44)21-6-4-5-20(13-21)15-38-30-25-10-12-46-29(25)26(17-39-30)27-9-11-36-32(35)40-27/h4-9,11,13,16-17,23-24H,10,12,14-15,18-19H2,1-3H3,(H,38,39)(H2,35,36,40)(H,37,41,44)/t23-,24-/m1/s1. The van der Waals surface area contributed by atoms with E-state index in [0.717, 1.165) is 53.3 Å². The van der Waals surface area contributed by atoms with Crippen molar-refractivity contribution in [3.05, 3.63) is 77.7 Å². The molecule has 7 rings (SSSR count). The number of pyridine rings is 2. The van der Waals surface area contributed by atoms with Crippen LogP contribution in [0.3, 0.4) is 0 Å². The van der Waals surface area contributed by atoms with Gasteiger partial charge in [0, 0.05) is 55.6 Å². The number of likely N-dealkylation sites (tertiary alicyclic amines) is 1. The number of nitrogens with one attached hydrogen (secondary N) is 2. The number of hydrogen-bond acceptors (Lipinski definition) is 11. The van der Waals surface area contributed by atoms with Crippen molar-refractivity contribution in [2.75, 3.05) is 41.0 Å². The SMILES string of the molecule is CC(C)(C)OC(=O)N1C[C@H]2C[C@@H]1CN2c1ccc(NC(=O)c2cccc(CNc3ncc(-c4ccnc(N)n4)c4c3CCO4)c2)nc1. The molecule has 47 heavy (non-hydrogen) atoms. The van der Waals surface area contributed by atoms with E-state index in [1.54, 1.807) is 30.7 Å². The Labute approximate surface area is 272 Å². The molecule has 0 unspecified atom stereocenters. The predicted molar refractivity (Wildman–Crippen MR) is 177 cm³/mol. The molecule has 2 fully saturated rings. The Morgan fingerprint density at radius 2 is 1.94 bits per heavy atom. The molecule has 3 aliphatic heterocycles. The normalized spacial score (nSPS) is 18.1. The van der Waals surface area contributed by atoms with Gasteiger partial charge in [-0.05, 0) is 63.1 Å². The second kappa shape index (κ2) is 12.0. The minimum absolute atomic E-state index is 0.115. The first kappa shape index (κ1) is 30.2. The molecule has 1 aromatic carbocycles. The summed E-state index contributed by atoms with van der Waals surface area (Å²) >= 11 is 0. The van der Waals surface area contributed by atoms with Gasteiger partial charge in [-0.3, -0.25) is 4.79 Å². The van der Waals surface area contributed by atoms with Gasteiger partial charge in [-0.15, -0.1) is 0 Å². The highest BCUT2D eigenvalue weighted by molar-refractivity contribution is 6.03. The molecule has 4 N–H and O–H groups in total. The third-order valence-corrected chi connectivity index (χ3v) is 8.51. The van der Waals surface area contributed by atoms with Gasteiger partial charge < -0.3 is 35.6 Å².